The smallest absolute Gasteiger partial charge is 0.225 e. The standard InChI is InChI=1S/C21H25N5/c1-25(2)14-12-22-21-23-19-10-6-5-9-18(19)20(24-21)26-13-11-16-7-3-4-8-17(16)15-26/h3-10H,11-15H2,1-2H3,(H,22,23,24). The molecule has 0 saturated heterocycles. The Bertz CT molecular complexity index is 906. The van der Waals surface area contributed by atoms with E-state index in [0.29, 0.717) is 5.95 Å². The van der Waals surface area contributed by atoms with Gasteiger partial charge in [0.05, 0.1) is 5.52 Å². The number of para-hydroxylation sites is 1. The van der Waals surface area contributed by atoms with E-state index < -0.39 is 0 Å². The van der Waals surface area contributed by atoms with Gasteiger partial charge in [-0.2, -0.15) is 4.98 Å². The zero-order valence-electron chi connectivity index (χ0n) is 15.4. The van der Waals surface area contributed by atoms with Crippen LogP contribution in [0.1, 0.15) is 11.1 Å². The van der Waals surface area contributed by atoms with Crippen molar-refractivity contribution < 1.29 is 0 Å². The molecule has 0 saturated carbocycles. The third-order valence-electron chi connectivity index (χ3n) is 4.86. The number of benzene rings is 2. The van der Waals surface area contributed by atoms with Crippen molar-refractivity contribution in [2.24, 2.45) is 0 Å². The van der Waals surface area contributed by atoms with Crippen molar-refractivity contribution in [3.05, 3.63) is 59.7 Å². The summed E-state index contributed by atoms with van der Waals surface area (Å²) in [6.07, 6.45) is 1.05. The van der Waals surface area contributed by atoms with Crippen LogP contribution in [0.5, 0.6) is 0 Å². The summed E-state index contributed by atoms with van der Waals surface area (Å²) in [5, 5.41) is 4.49. The number of anilines is 2. The molecular formula is C21H25N5. The van der Waals surface area contributed by atoms with Crippen LogP contribution in [0.3, 0.4) is 0 Å². The number of rotatable bonds is 5. The number of nitrogens with one attached hydrogen (secondary N) is 1. The van der Waals surface area contributed by atoms with Crippen LogP contribution in [0.25, 0.3) is 10.9 Å². The van der Waals surface area contributed by atoms with Gasteiger partial charge in [0.15, 0.2) is 0 Å². The zero-order valence-corrected chi connectivity index (χ0v) is 15.4. The number of fused-ring (bicyclic) bond motifs is 2. The minimum Gasteiger partial charge on any atom is -0.353 e. The van der Waals surface area contributed by atoms with Crippen molar-refractivity contribution in [3.63, 3.8) is 0 Å². The Balaban J connectivity index is 1.67. The summed E-state index contributed by atoms with van der Waals surface area (Å²) < 4.78 is 0. The Hall–Kier alpha value is -2.66. The summed E-state index contributed by atoms with van der Waals surface area (Å²) in [6.45, 7) is 3.65. The molecule has 5 nitrogen and oxygen atoms in total. The molecule has 4 rings (SSSR count). The normalized spacial score (nSPS) is 13.9. The molecule has 26 heavy (non-hydrogen) atoms. The fraction of sp³-hybridized carbons (Fsp3) is 0.333. The van der Waals surface area contributed by atoms with E-state index in [-0.39, 0.29) is 0 Å². The highest BCUT2D eigenvalue weighted by Crippen LogP contribution is 2.29. The van der Waals surface area contributed by atoms with E-state index in [9.17, 15) is 0 Å². The molecule has 2 aromatic carbocycles. The first kappa shape index (κ1) is 16.8. The van der Waals surface area contributed by atoms with Crippen LogP contribution >= 0.6 is 0 Å². The number of nitrogens with zero attached hydrogens (tertiary/aromatic N) is 4. The number of aromatic nitrogens is 2. The molecule has 0 unspecified atom stereocenters. The molecule has 1 aromatic heterocycles. The maximum absolute atomic E-state index is 4.88. The van der Waals surface area contributed by atoms with Crippen LogP contribution in [-0.4, -0.2) is 48.6 Å². The van der Waals surface area contributed by atoms with E-state index >= 15 is 0 Å². The predicted molar refractivity (Wildman–Crippen MR) is 108 cm³/mol. The molecule has 5 heteroatoms. The van der Waals surface area contributed by atoms with Gasteiger partial charge in [0, 0.05) is 31.6 Å². The summed E-state index contributed by atoms with van der Waals surface area (Å²) in [7, 11) is 4.14. The fourth-order valence-electron chi connectivity index (χ4n) is 3.45. The third-order valence-corrected chi connectivity index (χ3v) is 4.86. The minimum absolute atomic E-state index is 0.708. The number of hydrogen-bond acceptors (Lipinski definition) is 5. The quantitative estimate of drug-likeness (QED) is 0.768. The fourth-order valence-corrected chi connectivity index (χ4v) is 3.45. The second-order valence-electron chi connectivity index (χ2n) is 7.06. The highest BCUT2D eigenvalue weighted by Gasteiger charge is 2.20. The van der Waals surface area contributed by atoms with E-state index in [1.54, 1.807) is 0 Å². The summed E-state index contributed by atoms with van der Waals surface area (Å²) >= 11 is 0. The first-order chi connectivity index (χ1) is 12.7. The topological polar surface area (TPSA) is 44.3 Å². The minimum atomic E-state index is 0.708. The Morgan fingerprint density at radius 2 is 1.77 bits per heavy atom. The van der Waals surface area contributed by atoms with E-state index in [2.05, 4.69) is 71.7 Å². The number of hydrogen-bond donors (Lipinski definition) is 1. The van der Waals surface area contributed by atoms with Crippen molar-refractivity contribution in [3.8, 4) is 0 Å². The Morgan fingerprint density at radius 1 is 1.00 bits per heavy atom. The second kappa shape index (κ2) is 7.30. The van der Waals surface area contributed by atoms with Gasteiger partial charge in [0.2, 0.25) is 5.95 Å². The first-order valence-electron chi connectivity index (χ1n) is 9.18. The summed E-state index contributed by atoms with van der Waals surface area (Å²) in [5.41, 5.74) is 3.83. The van der Waals surface area contributed by atoms with Crippen LogP contribution in [0.4, 0.5) is 11.8 Å². The van der Waals surface area contributed by atoms with Crippen LogP contribution in [0, 0.1) is 0 Å². The second-order valence-corrected chi connectivity index (χ2v) is 7.06. The van der Waals surface area contributed by atoms with Crippen LogP contribution in [0.15, 0.2) is 48.5 Å². The summed E-state index contributed by atoms with van der Waals surface area (Å²) in [6, 6.07) is 17.0. The monoisotopic (exact) mass is 347 g/mol. The molecule has 0 aliphatic carbocycles. The molecule has 134 valence electrons. The maximum Gasteiger partial charge on any atom is 0.225 e. The highest BCUT2D eigenvalue weighted by molar-refractivity contribution is 5.90. The third kappa shape index (κ3) is 3.48. The van der Waals surface area contributed by atoms with Gasteiger partial charge in [-0.1, -0.05) is 36.4 Å². The lowest BCUT2D eigenvalue weighted by Gasteiger charge is -2.30. The lowest BCUT2D eigenvalue weighted by Crippen LogP contribution is -2.31. The summed E-state index contributed by atoms with van der Waals surface area (Å²) in [4.78, 5) is 14.1. The average Bonchev–Trinajstić information content (AvgIpc) is 2.66. The van der Waals surface area contributed by atoms with Gasteiger partial charge in [-0.05, 0) is 43.8 Å². The van der Waals surface area contributed by atoms with Crippen molar-refractivity contribution in [2.45, 2.75) is 13.0 Å². The Labute approximate surface area is 154 Å². The highest BCUT2D eigenvalue weighted by atomic mass is 15.2. The van der Waals surface area contributed by atoms with Gasteiger partial charge in [0.1, 0.15) is 5.82 Å². The van der Waals surface area contributed by atoms with Crippen LogP contribution in [0.2, 0.25) is 0 Å². The number of likely N-dealkylation sites (N-methyl/N-ethyl adjacent to an activating group) is 1. The van der Waals surface area contributed by atoms with E-state index in [1.807, 2.05) is 6.07 Å². The molecule has 1 aliphatic heterocycles. The van der Waals surface area contributed by atoms with Crippen molar-refractivity contribution in [1.29, 1.82) is 0 Å². The molecule has 1 aliphatic rings. The van der Waals surface area contributed by atoms with Crippen molar-refractivity contribution in [1.82, 2.24) is 14.9 Å². The zero-order chi connectivity index (χ0) is 17.9. The molecule has 1 N–H and O–H groups in total. The molecule has 0 amide bonds. The van der Waals surface area contributed by atoms with Gasteiger partial charge in [-0.25, -0.2) is 4.98 Å². The van der Waals surface area contributed by atoms with E-state index in [1.165, 1.54) is 11.1 Å². The van der Waals surface area contributed by atoms with Crippen LogP contribution < -0.4 is 10.2 Å². The molecular weight excluding hydrogens is 322 g/mol. The lowest BCUT2D eigenvalue weighted by atomic mass is 10.00. The first-order valence-corrected chi connectivity index (χ1v) is 9.18. The molecule has 0 spiro atoms. The largest absolute Gasteiger partial charge is 0.353 e. The van der Waals surface area contributed by atoms with E-state index in [4.69, 9.17) is 9.97 Å². The van der Waals surface area contributed by atoms with Gasteiger partial charge >= 0.3 is 0 Å². The molecule has 3 aromatic rings. The lowest BCUT2D eigenvalue weighted by molar-refractivity contribution is 0.425. The van der Waals surface area contributed by atoms with Gasteiger partial charge < -0.3 is 15.1 Å². The predicted octanol–water partition coefficient (Wildman–Crippen LogP) is 3.17. The Morgan fingerprint density at radius 3 is 2.62 bits per heavy atom. The van der Waals surface area contributed by atoms with Gasteiger partial charge in [0.25, 0.3) is 0 Å². The maximum atomic E-state index is 4.88. The van der Waals surface area contributed by atoms with Gasteiger partial charge in [-0.15, -0.1) is 0 Å². The molecule has 2 heterocycles. The van der Waals surface area contributed by atoms with Crippen molar-refractivity contribution >= 4 is 22.7 Å². The van der Waals surface area contributed by atoms with Crippen LogP contribution in [-0.2, 0) is 13.0 Å². The van der Waals surface area contributed by atoms with E-state index in [0.717, 1.165) is 49.3 Å². The average molecular weight is 347 g/mol. The summed E-state index contributed by atoms with van der Waals surface area (Å²) in [5.74, 6) is 1.73. The molecule has 0 atom stereocenters. The SMILES string of the molecule is CN(C)CCNc1nc(N2CCc3ccccc3C2)c2ccccc2n1. The molecule has 0 bridgehead atoms. The van der Waals surface area contributed by atoms with Crippen molar-refractivity contribution in [2.75, 3.05) is 43.9 Å². The molecule has 0 radical (unpaired) electrons. The Kier molecular flexibility index (Phi) is 4.71. The van der Waals surface area contributed by atoms with Gasteiger partial charge in [-0.3, -0.25) is 0 Å². The molecule has 0 fully saturated rings.